The van der Waals surface area contributed by atoms with Crippen molar-refractivity contribution in [1.82, 2.24) is 14.9 Å². The molecule has 22 heavy (non-hydrogen) atoms. The Morgan fingerprint density at radius 1 is 1.27 bits per heavy atom. The van der Waals surface area contributed by atoms with E-state index in [4.69, 9.17) is 0 Å². The van der Waals surface area contributed by atoms with Crippen molar-refractivity contribution in [3.63, 3.8) is 0 Å². The summed E-state index contributed by atoms with van der Waals surface area (Å²) in [6.07, 6.45) is 4.00. The fourth-order valence-electron chi connectivity index (χ4n) is 3.09. The van der Waals surface area contributed by atoms with Crippen LogP contribution in [0.4, 0.5) is 5.82 Å². The lowest BCUT2D eigenvalue weighted by molar-refractivity contribution is -0.131. The molecule has 5 heteroatoms. The van der Waals surface area contributed by atoms with Crippen LogP contribution in [0.15, 0.2) is 30.5 Å². The van der Waals surface area contributed by atoms with Crippen LogP contribution in [-0.2, 0) is 4.79 Å². The molecule has 114 valence electrons. The zero-order valence-electron chi connectivity index (χ0n) is 12.8. The molecule has 1 aliphatic carbocycles. The third-order valence-corrected chi connectivity index (χ3v) is 4.55. The average Bonchev–Trinajstić information content (AvgIpc) is 3.33. The minimum atomic E-state index is 0.313. The van der Waals surface area contributed by atoms with Gasteiger partial charge in [-0.1, -0.05) is 12.1 Å². The van der Waals surface area contributed by atoms with Gasteiger partial charge in [0.15, 0.2) is 0 Å². The highest BCUT2D eigenvalue weighted by Crippen LogP contribution is 2.31. The predicted molar refractivity (Wildman–Crippen MR) is 85.6 cm³/mol. The number of benzene rings is 1. The molecule has 2 aromatic rings. The van der Waals surface area contributed by atoms with E-state index in [0.29, 0.717) is 17.7 Å². The molecular weight excluding hydrogens is 276 g/mol. The van der Waals surface area contributed by atoms with E-state index in [2.05, 4.69) is 14.9 Å². The van der Waals surface area contributed by atoms with Crippen LogP contribution >= 0.6 is 0 Å². The van der Waals surface area contributed by atoms with Gasteiger partial charge < -0.3 is 9.80 Å². The summed E-state index contributed by atoms with van der Waals surface area (Å²) in [7, 11) is 1.93. The number of fused-ring (bicyclic) bond motifs is 1. The zero-order chi connectivity index (χ0) is 15.1. The zero-order valence-corrected chi connectivity index (χ0v) is 12.8. The van der Waals surface area contributed by atoms with Crippen LogP contribution in [0.2, 0.25) is 0 Å². The van der Waals surface area contributed by atoms with E-state index in [-0.39, 0.29) is 0 Å². The number of hydrogen-bond acceptors (Lipinski definition) is 4. The molecule has 1 aromatic heterocycles. The van der Waals surface area contributed by atoms with Crippen molar-refractivity contribution in [2.45, 2.75) is 12.8 Å². The lowest BCUT2D eigenvalue weighted by Crippen LogP contribution is -2.52. The van der Waals surface area contributed by atoms with Crippen LogP contribution < -0.4 is 4.90 Å². The van der Waals surface area contributed by atoms with Gasteiger partial charge in [0.25, 0.3) is 0 Å². The summed E-state index contributed by atoms with van der Waals surface area (Å²) < 4.78 is 0. The Hall–Kier alpha value is -2.17. The van der Waals surface area contributed by atoms with E-state index in [0.717, 1.165) is 49.3 Å². The van der Waals surface area contributed by atoms with Gasteiger partial charge in [0.2, 0.25) is 5.91 Å². The van der Waals surface area contributed by atoms with E-state index >= 15 is 0 Å². The van der Waals surface area contributed by atoms with Crippen LogP contribution in [0.25, 0.3) is 11.0 Å². The minimum absolute atomic E-state index is 0.313. The molecule has 0 unspecified atom stereocenters. The first-order valence-electron chi connectivity index (χ1n) is 7.92. The van der Waals surface area contributed by atoms with E-state index < -0.39 is 0 Å². The van der Waals surface area contributed by atoms with E-state index in [1.165, 1.54) is 0 Å². The van der Waals surface area contributed by atoms with Crippen LogP contribution in [0.1, 0.15) is 12.8 Å². The fraction of sp³-hybridized carbons (Fsp3) is 0.471. The molecule has 0 bridgehead atoms. The van der Waals surface area contributed by atoms with Crippen molar-refractivity contribution in [3.8, 4) is 0 Å². The summed E-state index contributed by atoms with van der Waals surface area (Å²) in [5.41, 5.74) is 1.86. The van der Waals surface area contributed by atoms with Gasteiger partial charge in [-0.25, -0.2) is 4.98 Å². The van der Waals surface area contributed by atoms with Crippen molar-refractivity contribution >= 4 is 22.8 Å². The number of nitrogens with zero attached hydrogens (tertiary/aromatic N) is 4. The second-order valence-electron chi connectivity index (χ2n) is 6.48. The molecule has 2 fully saturated rings. The van der Waals surface area contributed by atoms with Crippen LogP contribution in [0, 0.1) is 11.8 Å². The molecule has 0 N–H and O–H groups in total. The first kappa shape index (κ1) is 13.5. The third kappa shape index (κ3) is 2.51. The first-order chi connectivity index (χ1) is 10.7. The van der Waals surface area contributed by atoms with E-state index in [1.807, 2.05) is 42.4 Å². The standard InChI is InChI=1S/C17H20N4O/c1-20(17(22)13-6-7-13)9-12-10-21(11-12)16-8-18-14-4-2-3-5-15(14)19-16/h2-5,8,12-13H,6-7,9-11H2,1H3. The van der Waals surface area contributed by atoms with Gasteiger partial charge in [0, 0.05) is 38.5 Å². The summed E-state index contributed by atoms with van der Waals surface area (Å²) in [5, 5.41) is 0. The van der Waals surface area contributed by atoms with Gasteiger partial charge in [-0.2, -0.15) is 0 Å². The third-order valence-electron chi connectivity index (χ3n) is 4.55. The highest BCUT2D eigenvalue weighted by molar-refractivity contribution is 5.80. The van der Waals surface area contributed by atoms with Crippen LogP contribution in [-0.4, -0.2) is 47.5 Å². The number of carbonyl (C=O) groups is 1. The molecule has 2 heterocycles. The molecule has 1 aliphatic heterocycles. The van der Waals surface area contributed by atoms with Gasteiger partial charge >= 0.3 is 0 Å². The Bertz CT molecular complexity index is 707. The lowest BCUT2D eigenvalue weighted by Gasteiger charge is -2.41. The van der Waals surface area contributed by atoms with Gasteiger partial charge in [-0.05, 0) is 25.0 Å². The molecule has 5 nitrogen and oxygen atoms in total. The average molecular weight is 296 g/mol. The largest absolute Gasteiger partial charge is 0.354 e. The Morgan fingerprint density at radius 3 is 2.73 bits per heavy atom. The minimum Gasteiger partial charge on any atom is -0.354 e. The number of aromatic nitrogens is 2. The van der Waals surface area contributed by atoms with Gasteiger partial charge in [0.1, 0.15) is 5.82 Å². The maximum absolute atomic E-state index is 12.0. The number of hydrogen-bond donors (Lipinski definition) is 0. The summed E-state index contributed by atoms with van der Waals surface area (Å²) in [4.78, 5) is 25.2. The van der Waals surface area contributed by atoms with E-state index in [9.17, 15) is 4.79 Å². The molecule has 1 amide bonds. The van der Waals surface area contributed by atoms with E-state index in [1.54, 1.807) is 0 Å². The Morgan fingerprint density at radius 2 is 2.00 bits per heavy atom. The van der Waals surface area contributed by atoms with Crippen molar-refractivity contribution in [1.29, 1.82) is 0 Å². The maximum Gasteiger partial charge on any atom is 0.225 e. The normalized spacial score (nSPS) is 18.3. The molecule has 0 spiro atoms. The molecule has 2 aliphatic rings. The summed E-state index contributed by atoms with van der Waals surface area (Å²) in [6.45, 7) is 2.76. The molecular formula is C17H20N4O. The van der Waals surface area contributed by atoms with Gasteiger partial charge in [0.05, 0.1) is 17.2 Å². The van der Waals surface area contributed by atoms with Crippen molar-refractivity contribution in [2.24, 2.45) is 11.8 Å². The van der Waals surface area contributed by atoms with Crippen molar-refractivity contribution < 1.29 is 4.79 Å². The monoisotopic (exact) mass is 296 g/mol. The second kappa shape index (κ2) is 5.23. The van der Waals surface area contributed by atoms with Crippen LogP contribution in [0.3, 0.4) is 0 Å². The molecule has 0 atom stereocenters. The van der Waals surface area contributed by atoms with Crippen LogP contribution in [0.5, 0.6) is 0 Å². The molecule has 1 saturated heterocycles. The Kier molecular flexibility index (Phi) is 3.21. The predicted octanol–water partition coefficient (Wildman–Crippen LogP) is 1.93. The number of para-hydroxylation sites is 2. The first-order valence-corrected chi connectivity index (χ1v) is 7.92. The molecule has 4 rings (SSSR count). The highest BCUT2D eigenvalue weighted by atomic mass is 16.2. The Balaban J connectivity index is 1.36. The molecule has 0 radical (unpaired) electrons. The second-order valence-corrected chi connectivity index (χ2v) is 6.48. The number of carbonyl (C=O) groups excluding carboxylic acids is 1. The Labute approximate surface area is 130 Å². The van der Waals surface area contributed by atoms with Gasteiger partial charge in [-0.15, -0.1) is 0 Å². The SMILES string of the molecule is CN(CC1CN(c2cnc3ccccc3n2)C1)C(=O)C1CC1. The number of anilines is 1. The quantitative estimate of drug-likeness (QED) is 0.865. The van der Waals surface area contributed by atoms with Crippen molar-refractivity contribution in [2.75, 3.05) is 31.6 Å². The van der Waals surface area contributed by atoms with Crippen molar-refractivity contribution in [3.05, 3.63) is 30.5 Å². The molecule has 1 saturated carbocycles. The summed E-state index contributed by atoms with van der Waals surface area (Å²) in [6, 6.07) is 7.93. The topological polar surface area (TPSA) is 49.3 Å². The smallest absolute Gasteiger partial charge is 0.225 e. The maximum atomic E-state index is 12.0. The summed E-state index contributed by atoms with van der Waals surface area (Å²) in [5.74, 6) is 2.11. The highest BCUT2D eigenvalue weighted by Gasteiger charge is 2.35. The van der Waals surface area contributed by atoms with Gasteiger partial charge in [-0.3, -0.25) is 9.78 Å². The summed E-state index contributed by atoms with van der Waals surface area (Å²) >= 11 is 0. The fourth-order valence-corrected chi connectivity index (χ4v) is 3.09. The molecule has 1 aromatic carbocycles. The number of amides is 1. The lowest BCUT2D eigenvalue weighted by atomic mass is 9.99. The number of rotatable bonds is 4.